The average Bonchev–Trinajstić information content (AvgIpc) is 3.41. The van der Waals surface area contributed by atoms with Gasteiger partial charge < -0.3 is 13.9 Å². The standard InChI is InChI=1S/C24H23N5O/c1-17-14-29(16-26-17)22-6-5-18(13-23(22)30-2)12-20-4-3-11-28-15-21(27-24(20)28)19-7-9-25-10-8-19/h5-10,12-16H,3-4,11H2,1-2H3. The van der Waals surface area contributed by atoms with Gasteiger partial charge in [-0.2, -0.15) is 0 Å². The number of ether oxygens (including phenoxy) is 1. The summed E-state index contributed by atoms with van der Waals surface area (Å²) in [6, 6.07) is 10.3. The van der Waals surface area contributed by atoms with Crippen molar-refractivity contribution < 1.29 is 4.74 Å². The van der Waals surface area contributed by atoms with E-state index >= 15 is 0 Å². The van der Waals surface area contributed by atoms with Crippen molar-refractivity contribution in [2.24, 2.45) is 0 Å². The molecule has 3 aromatic heterocycles. The first-order valence-corrected chi connectivity index (χ1v) is 10.1. The first kappa shape index (κ1) is 18.4. The molecule has 0 radical (unpaired) electrons. The molecule has 6 heteroatoms. The maximum atomic E-state index is 5.67. The first-order chi connectivity index (χ1) is 14.7. The largest absolute Gasteiger partial charge is 0.495 e. The molecule has 0 aliphatic carbocycles. The summed E-state index contributed by atoms with van der Waals surface area (Å²) in [5, 5.41) is 0. The van der Waals surface area contributed by atoms with Crippen LogP contribution >= 0.6 is 0 Å². The molecular formula is C24H23N5O. The van der Waals surface area contributed by atoms with Crippen LogP contribution in [0.25, 0.3) is 28.6 Å². The molecule has 0 saturated carbocycles. The van der Waals surface area contributed by atoms with Crippen molar-refractivity contribution >= 4 is 11.6 Å². The van der Waals surface area contributed by atoms with Crippen LogP contribution in [0.5, 0.6) is 5.75 Å². The molecule has 150 valence electrons. The number of hydrogen-bond donors (Lipinski definition) is 0. The van der Waals surface area contributed by atoms with Crippen molar-refractivity contribution in [2.75, 3.05) is 7.11 Å². The highest BCUT2D eigenvalue weighted by molar-refractivity contribution is 5.81. The van der Waals surface area contributed by atoms with Gasteiger partial charge in [0.2, 0.25) is 0 Å². The van der Waals surface area contributed by atoms with Crippen LogP contribution in [-0.4, -0.2) is 31.2 Å². The maximum absolute atomic E-state index is 5.67. The normalized spacial score (nSPS) is 14.7. The van der Waals surface area contributed by atoms with Crippen LogP contribution in [0.15, 0.2) is 61.4 Å². The number of hydrogen-bond acceptors (Lipinski definition) is 4. The minimum absolute atomic E-state index is 0.818. The van der Waals surface area contributed by atoms with Gasteiger partial charge in [0.05, 0.1) is 30.5 Å². The Morgan fingerprint density at radius 1 is 1.10 bits per heavy atom. The predicted molar refractivity (Wildman–Crippen MR) is 117 cm³/mol. The van der Waals surface area contributed by atoms with Gasteiger partial charge in [-0.1, -0.05) is 6.07 Å². The number of benzene rings is 1. The average molecular weight is 397 g/mol. The molecule has 0 unspecified atom stereocenters. The van der Waals surface area contributed by atoms with E-state index in [1.807, 2.05) is 36.1 Å². The predicted octanol–water partition coefficient (Wildman–Crippen LogP) is 4.78. The second-order valence-corrected chi connectivity index (χ2v) is 7.51. The smallest absolute Gasteiger partial charge is 0.143 e. The monoisotopic (exact) mass is 397 g/mol. The summed E-state index contributed by atoms with van der Waals surface area (Å²) < 4.78 is 9.91. The summed E-state index contributed by atoms with van der Waals surface area (Å²) in [4.78, 5) is 13.4. The Hall–Kier alpha value is -3.67. The number of allylic oxidation sites excluding steroid dienone is 1. The molecule has 30 heavy (non-hydrogen) atoms. The van der Waals surface area contributed by atoms with Crippen molar-refractivity contribution in [3.63, 3.8) is 0 Å². The second-order valence-electron chi connectivity index (χ2n) is 7.51. The van der Waals surface area contributed by atoms with Crippen molar-refractivity contribution in [3.05, 3.63) is 78.5 Å². The Kier molecular flexibility index (Phi) is 4.67. The fourth-order valence-electron chi connectivity index (χ4n) is 3.94. The quantitative estimate of drug-likeness (QED) is 0.497. The van der Waals surface area contributed by atoms with Gasteiger partial charge in [0, 0.05) is 36.9 Å². The van der Waals surface area contributed by atoms with Crippen LogP contribution in [0, 0.1) is 6.92 Å². The highest BCUT2D eigenvalue weighted by Gasteiger charge is 2.18. The molecule has 5 rings (SSSR count). The van der Waals surface area contributed by atoms with Gasteiger partial charge in [0.25, 0.3) is 0 Å². The van der Waals surface area contributed by atoms with Crippen LogP contribution in [0.3, 0.4) is 0 Å². The van der Waals surface area contributed by atoms with E-state index in [0.29, 0.717) is 0 Å². The molecule has 0 saturated heterocycles. The topological polar surface area (TPSA) is 57.8 Å². The van der Waals surface area contributed by atoms with E-state index in [0.717, 1.165) is 59.2 Å². The number of nitrogens with zero attached hydrogens (tertiary/aromatic N) is 5. The number of aromatic nitrogens is 5. The summed E-state index contributed by atoms with van der Waals surface area (Å²) in [6.07, 6.45) is 13.9. The zero-order chi connectivity index (χ0) is 20.5. The number of aryl methyl sites for hydroxylation is 2. The van der Waals surface area contributed by atoms with Gasteiger partial charge in [-0.25, -0.2) is 9.97 Å². The number of rotatable bonds is 4. The van der Waals surface area contributed by atoms with Crippen LogP contribution < -0.4 is 4.74 Å². The molecule has 0 fully saturated rings. The number of fused-ring (bicyclic) bond motifs is 1. The lowest BCUT2D eigenvalue weighted by Gasteiger charge is -2.17. The van der Waals surface area contributed by atoms with Crippen molar-refractivity contribution in [3.8, 4) is 22.7 Å². The summed E-state index contributed by atoms with van der Waals surface area (Å²) >= 11 is 0. The zero-order valence-corrected chi connectivity index (χ0v) is 17.1. The molecule has 0 amide bonds. The Morgan fingerprint density at radius 3 is 2.73 bits per heavy atom. The molecule has 0 atom stereocenters. The van der Waals surface area contributed by atoms with Gasteiger partial charge in [-0.15, -0.1) is 0 Å². The Balaban J connectivity index is 1.51. The minimum atomic E-state index is 0.818. The highest BCUT2D eigenvalue weighted by Crippen LogP contribution is 2.32. The summed E-state index contributed by atoms with van der Waals surface area (Å²) in [5.74, 6) is 1.86. The van der Waals surface area contributed by atoms with Gasteiger partial charge in [0.1, 0.15) is 11.6 Å². The Bertz CT molecular complexity index is 1220. The molecule has 0 N–H and O–H groups in total. The van der Waals surface area contributed by atoms with E-state index in [-0.39, 0.29) is 0 Å². The molecule has 4 heterocycles. The van der Waals surface area contributed by atoms with Crippen LogP contribution in [-0.2, 0) is 6.54 Å². The summed E-state index contributed by atoms with van der Waals surface area (Å²) in [5.41, 5.74) is 6.38. The number of imidazole rings is 2. The van der Waals surface area contributed by atoms with E-state index in [1.165, 1.54) is 5.57 Å². The minimum Gasteiger partial charge on any atom is -0.495 e. The van der Waals surface area contributed by atoms with E-state index in [9.17, 15) is 0 Å². The number of pyridine rings is 1. The van der Waals surface area contributed by atoms with Crippen LogP contribution in [0.2, 0.25) is 0 Å². The lowest BCUT2D eigenvalue weighted by Crippen LogP contribution is -2.08. The molecule has 4 aromatic rings. The third kappa shape index (κ3) is 3.41. The Morgan fingerprint density at radius 2 is 1.97 bits per heavy atom. The molecule has 1 aliphatic heterocycles. The SMILES string of the molecule is COc1cc(C=C2CCCn3cc(-c4ccncc4)nc32)ccc1-n1cnc(C)c1. The molecule has 1 aromatic carbocycles. The first-order valence-electron chi connectivity index (χ1n) is 10.1. The summed E-state index contributed by atoms with van der Waals surface area (Å²) in [7, 11) is 1.70. The molecule has 0 bridgehead atoms. The molecular weight excluding hydrogens is 374 g/mol. The van der Waals surface area contributed by atoms with Crippen molar-refractivity contribution in [1.29, 1.82) is 0 Å². The van der Waals surface area contributed by atoms with Gasteiger partial charge in [-0.05, 0) is 61.2 Å². The third-order valence-corrected chi connectivity index (χ3v) is 5.42. The van der Waals surface area contributed by atoms with Gasteiger partial charge >= 0.3 is 0 Å². The fourth-order valence-corrected chi connectivity index (χ4v) is 3.94. The molecule has 6 nitrogen and oxygen atoms in total. The van der Waals surface area contributed by atoms with Crippen molar-refractivity contribution in [1.82, 2.24) is 24.1 Å². The fraction of sp³-hybridized carbons (Fsp3) is 0.208. The summed E-state index contributed by atoms with van der Waals surface area (Å²) in [6.45, 7) is 2.97. The zero-order valence-electron chi connectivity index (χ0n) is 17.1. The van der Waals surface area contributed by atoms with E-state index in [2.05, 4.69) is 45.0 Å². The second kappa shape index (κ2) is 7.63. The Labute approximate surface area is 175 Å². The maximum Gasteiger partial charge on any atom is 0.143 e. The van der Waals surface area contributed by atoms with Crippen molar-refractivity contribution in [2.45, 2.75) is 26.3 Å². The van der Waals surface area contributed by atoms with Crippen LogP contribution in [0.1, 0.15) is 29.9 Å². The van der Waals surface area contributed by atoms with Gasteiger partial charge in [-0.3, -0.25) is 4.98 Å². The van der Waals surface area contributed by atoms with E-state index in [1.54, 1.807) is 19.5 Å². The highest BCUT2D eigenvalue weighted by atomic mass is 16.5. The van der Waals surface area contributed by atoms with E-state index in [4.69, 9.17) is 9.72 Å². The third-order valence-electron chi connectivity index (χ3n) is 5.42. The molecule has 0 spiro atoms. The molecule has 1 aliphatic rings. The lowest BCUT2D eigenvalue weighted by atomic mass is 10.0. The van der Waals surface area contributed by atoms with Crippen LogP contribution in [0.4, 0.5) is 0 Å². The van der Waals surface area contributed by atoms with E-state index < -0.39 is 0 Å². The lowest BCUT2D eigenvalue weighted by molar-refractivity contribution is 0.413. The van der Waals surface area contributed by atoms with Gasteiger partial charge in [0.15, 0.2) is 0 Å². The number of methoxy groups -OCH3 is 1.